The Kier molecular flexibility index (Phi) is 5.69. The van der Waals surface area contributed by atoms with Crippen LogP contribution in [-0.2, 0) is 6.42 Å². The molecule has 0 amide bonds. The van der Waals surface area contributed by atoms with E-state index in [-0.39, 0.29) is 0 Å². The van der Waals surface area contributed by atoms with Gasteiger partial charge in [0.1, 0.15) is 11.5 Å². The van der Waals surface area contributed by atoms with Gasteiger partial charge in [0, 0.05) is 0 Å². The molecular weight excluding hydrogens is 228 g/mol. The van der Waals surface area contributed by atoms with E-state index in [1.165, 1.54) is 6.42 Å². The van der Waals surface area contributed by atoms with E-state index >= 15 is 0 Å². The molecule has 0 spiro atoms. The fraction of sp³-hybridized carbons (Fsp3) is 0.533. The largest absolute Gasteiger partial charge is 0.496 e. The van der Waals surface area contributed by atoms with E-state index in [4.69, 9.17) is 9.47 Å². The monoisotopic (exact) mass is 250 g/mol. The second kappa shape index (κ2) is 7.04. The van der Waals surface area contributed by atoms with Crippen molar-refractivity contribution in [2.24, 2.45) is 5.92 Å². The second-order valence-corrected chi connectivity index (χ2v) is 4.82. The van der Waals surface area contributed by atoms with Crippen LogP contribution in [0.4, 0.5) is 0 Å². The highest BCUT2D eigenvalue weighted by molar-refractivity contribution is 5.84. The van der Waals surface area contributed by atoms with Crippen LogP contribution in [0.3, 0.4) is 0 Å². The minimum atomic E-state index is 0.479. The molecule has 0 N–H and O–H groups in total. The molecule has 0 saturated heterocycles. The van der Waals surface area contributed by atoms with Crippen molar-refractivity contribution in [3.63, 3.8) is 0 Å². The molecule has 0 heterocycles. The van der Waals surface area contributed by atoms with Gasteiger partial charge in [-0.05, 0) is 36.5 Å². The summed E-state index contributed by atoms with van der Waals surface area (Å²) in [7, 11) is 3.14. The molecule has 1 aromatic carbocycles. The molecular formula is C15H22O3. The third-order valence-electron chi connectivity index (χ3n) is 2.97. The Morgan fingerprint density at radius 3 is 2.11 bits per heavy atom. The van der Waals surface area contributed by atoms with Gasteiger partial charge >= 0.3 is 0 Å². The van der Waals surface area contributed by atoms with E-state index in [0.29, 0.717) is 23.0 Å². The van der Waals surface area contributed by atoms with Gasteiger partial charge in [0.05, 0.1) is 19.8 Å². The smallest absolute Gasteiger partial charge is 0.157 e. The van der Waals surface area contributed by atoms with Gasteiger partial charge in [-0.3, -0.25) is 4.79 Å². The Morgan fingerprint density at radius 2 is 1.72 bits per heavy atom. The summed E-state index contributed by atoms with van der Waals surface area (Å²) in [6, 6.07) is 3.85. The van der Waals surface area contributed by atoms with Crippen molar-refractivity contribution in [1.29, 1.82) is 0 Å². The Morgan fingerprint density at radius 1 is 1.17 bits per heavy atom. The average Bonchev–Trinajstić information content (AvgIpc) is 2.36. The first-order chi connectivity index (χ1) is 8.62. The molecule has 0 fully saturated rings. The van der Waals surface area contributed by atoms with Crippen LogP contribution in [0, 0.1) is 5.92 Å². The van der Waals surface area contributed by atoms with Crippen molar-refractivity contribution >= 4 is 6.29 Å². The molecule has 3 heteroatoms. The number of hydrogen-bond acceptors (Lipinski definition) is 3. The third kappa shape index (κ3) is 3.76. The Bertz CT molecular complexity index is 372. The van der Waals surface area contributed by atoms with Gasteiger partial charge in [-0.1, -0.05) is 20.3 Å². The van der Waals surface area contributed by atoms with Gasteiger partial charge in [0.25, 0.3) is 0 Å². The first kappa shape index (κ1) is 14.6. The normalized spacial score (nSPS) is 10.5. The molecule has 3 nitrogen and oxygen atoms in total. The minimum Gasteiger partial charge on any atom is -0.496 e. The van der Waals surface area contributed by atoms with Crippen LogP contribution in [-0.4, -0.2) is 20.5 Å². The van der Waals surface area contributed by atoms with Gasteiger partial charge in [0.15, 0.2) is 6.29 Å². The van der Waals surface area contributed by atoms with Crippen LogP contribution in [0.1, 0.15) is 42.6 Å². The average molecular weight is 250 g/mol. The van der Waals surface area contributed by atoms with Gasteiger partial charge in [-0.15, -0.1) is 0 Å². The summed E-state index contributed by atoms with van der Waals surface area (Å²) in [4.78, 5) is 11.0. The number of ether oxygens (including phenoxy) is 2. The van der Waals surface area contributed by atoms with Gasteiger partial charge < -0.3 is 9.47 Å². The molecule has 0 aliphatic rings. The van der Waals surface area contributed by atoms with Gasteiger partial charge in [0.2, 0.25) is 0 Å². The van der Waals surface area contributed by atoms with Crippen LogP contribution in [0.15, 0.2) is 12.1 Å². The molecule has 1 rings (SSSR count). The maximum absolute atomic E-state index is 11.0. The maximum atomic E-state index is 11.0. The molecule has 0 unspecified atom stereocenters. The maximum Gasteiger partial charge on any atom is 0.157 e. The lowest BCUT2D eigenvalue weighted by Gasteiger charge is -2.12. The zero-order valence-electron chi connectivity index (χ0n) is 11.7. The number of aldehydes is 1. The van der Waals surface area contributed by atoms with Crippen LogP contribution >= 0.6 is 0 Å². The molecule has 0 atom stereocenters. The van der Waals surface area contributed by atoms with E-state index in [1.54, 1.807) is 14.2 Å². The number of aryl methyl sites for hydroxylation is 1. The molecule has 0 aromatic heterocycles. The van der Waals surface area contributed by atoms with Crippen molar-refractivity contribution < 1.29 is 14.3 Å². The van der Waals surface area contributed by atoms with E-state index in [2.05, 4.69) is 13.8 Å². The fourth-order valence-electron chi connectivity index (χ4n) is 1.97. The summed E-state index contributed by atoms with van der Waals surface area (Å²) in [6.45, 7) is 4.44. The summed E-state index contributed by atoms with van der Waals surface area (Å²) in [5, 5.41) is 0. The predicted octanol–water partition coefficient (Wildman–Crippen LogP) is 3.50. The number of hydrogen-bond donors (Lipinski definition) is 0. The molecule has 0 aliphatic carbocycles. The number of methoxy groups -OCH3 is 2. The van der Waals surface area contributed by atoms with Crippen LogP contribution in [0.2, 0.25) is 0 Å². The molecule has 1 aromatic rings. The zero-order valence-corrected chi connectivity index (χ0v) is 11.7. The second-order valence-electron chi connectivity index (χ2n) is 4.82. The van der Waals surface area contributed by atoms with E-state index in [0.717, 1.165) is 24.7 Å². The quantitative estimate of drug-likeness (QED) is 0.695. The van der Waals surface area contributed by atoms with E-state index in [1.807, 2.05) is 12.1 Å². The van der Waals surface area contributed by atoms with Crippen LogP contribution in [0.25, 0.3) is 0 Å². The lowest BCUT2D eigenvalue weighted by Crippen LogP contribution is -1.99. The minimum absolute atomic E-state index is 0.479. The molecule has 100 valence electrons. The van der Waals surface area contributed by atoms with Crippen molar-refractivity contribution in [2.45, 2.75) is 33.1 Å². The highest BCUT2D eigenvalue weighted by atomic mass is 16.5. The van der Waals surface area contributed by atoms with Crippen molar-refractivity contribution in [1.82, 2.24) is 0 Å². The Labute approximate surface area is 109 Å². The Balaban J connectivity index is 2.89. The topological polar surface area (TPSA) is 35.5 Å². The zero-order chi connectivity index (χ0) is 13.5. The number of benzene rings is 1. The summed E-state index contributed by atoms with van der Waals surface area (Å²) in [5.74, 6) is 1.89. The highest BCUT2D eigenvalue weighted by Crippen LogP contribution is 2.29. The summed E-state index contributed by atoms with van der Waals surface area (Å²) in [6.07, 6.45) is 4.07. The number of carbonyl (C=O) groups excluding carboxylic acids is 1. The number of rotatable bonds is 7. The number of carbonyl (C=O) groups is 1. The summed E-state index contributed by atoms with van der Waals surface area (Å²) >= 11 is 0. The van der Waals surface area contributed by atoms with E-state index < -0.39 is 0 Å². The van der Waals surface area contributed by atoms with Gasteiger partial charge in [-0.2, -0.15) is 0 Å². The summed E-state index contributed by atoms with van der Waals surface area (Å²) in [5.41, 5.74) is 1.63. The Hall–Kier alpha value is -1.51. The highest BCUT2D eigenvalue weighted by Gasteiger charge is 2.11. The van der Waals surface area contributed by atoms with Gasteiger partial charge in [-0.25, -0.2) is 0 Å². The van der Waals surface area contributed by atoms with Crippen molar-refractivity contribution in [3.05, 3.63) is 23.3 Å². The first-order valence-electron chi connectivity index (χ1n) is 6.32. The molecule has 0 bridgehead atoms. The lowest BCUT2D eigenvalue weighted by atomic mass is 10.0. The standard InChI is InChI=1S/C15H22O3/c1-11(2)6-5-7-12-8-14(17-3)13(10-16)15(9-12)18-4/h8-11H,5-7H2,1-4H3. The van der Waals surface area contributed by atoms with Crippen LogP contribution in [0.5, 0.6) is 11.5 Å². The molecule has 0 radical (unpaired) electrons. The van der Waals surface area contributed by atoms with Crippen LogP contribution < -0.4 is 9.47 Å². The predicted molar refractivity (Wildman–Crippen MR) is 72.7 cm³/mol. The van der Waals surface area contributed by atoms with Crippen molar-refractivity contribution in [3.8, 4) is 11.5 Å². The van der Waals surface area contributed by atoms with Crippen molar-refractivity contribution in [2.75, 3.05) is 14.2 Å². The third-order valence-corrected chi connectivity index (χ3v) is 2.97. The molecule has 18 heavy (non-hydrogen) atoms. The molecule has 0 saturated carbocycles. The fourth-order valence-corrected chi connectivity index (χ4v) is 1.97. The SMILES string of the molecule is COc1cc(CCCC(C)C)cc(OC)c1C=O. The first-order valence-corrected chi connectivity index (χ1v) is 6.32. The van der Waals surface area contributed by atoms with E-state index in [9.17, 15) is 4.79 Å². The lowest BCUT2D eigenvalue weighted by molar-refractivity contribution is 0.111. The molecule has 0 aliphatic heterocycles. The summed E-state index contributed by atoms with van der Waals surface area (Å²) < 4.78 is 10.5.